The molecule has 1 fully saturated rings. The van der Waals surface area contributed by atoms with Crippen LogP contribution >= 0.6 is 0 Å². The van der Waals surface area contributed by atoms with Gasteiger partial charge in [0.15, 0.2) is 23.8 Å². The molecule has 0 aromatic heterocycles. The van der Waals surface area contributed by atoms with Crippen LogP contribution in [0.2, 0.25) is 0 Å². The highest BCUT2D eigenvalue weighted by Crippen LogP contribution is 2.30. The van der Waals surface area contributed by atoms with Gasteiger partial charge in [0.1, 0.15) is 12.6 Å². The first-order valence-electron chi connectivity index (χ1n) is 15.9. The normalized spacial score (nSPS) is 16.1. The average Bonchev–Trinajstić information content (AvgIpc) is 3.43. The highest BCUT2D eigenvalue weighted by Gasteiger charge is 2.46. The number of imide groups is 1. The number of Topliss-reactive ketones (excluding diaryl/α,β-unsaturated/α-hetero) is 1. The number of ketones is 2. The number of ether oxygens (including phenoxy) is 3. The van der Waals surface area contributed by atoms with Crippen LogP contribution in [0.5, 0.6) is 0 Å². The molecule has 2 aromatic rings. The lowest BCUT2D eigenvalue weighted by atomic mass is 9.93. The number of amides is 2. The second-order valence-corrected chi connectivity index (χ2v) is 11.5. The minimum absolute atomic E-state index is 0.0905. The first-order valence-corrected chi connectivity index (χ1v) is 15.9. The van der Waals surface area contributed by atoms with Gasteiger partial charge in [-0.15, -0.1) is 0 Å². The quantitative estimate of drug-likeness (QED) is 0.117. The molecule has 1 heterocycles. The molecular weight excluding hydrogens is 590 g/mol. The van der Waals surface area contributed by atoms with Crippen LogP contribution in [0.25, 0.3) is 5.57 Å². The van der Waals surface area contributed by atoms with E-state index in [-0.39, 0.29) is 31.0 Å². The van der Waals surface area contributed by atoms with E-state index in [0.29, 0.717) is 17.5 Å². The molecule has 1 aliphatic rings. The fourth-order valence-electron chi connectivity index (χ4n) is 5.48. The van der Waals surface area contributed by atoms with Gasteiger partial charge in [0.05, 0.1) is 0 Å². The number of cyclic esters (lactones) is 1. The van der Waals surface area contributed by atoms with Gasteiger partial charge in [-0.3, -0.25) is 19.2 Å². The van der Waals surface area contributed by atoms with E-state index in [4.69, 9.17) is 19.3 Å². The molecule has 0 radical (unpaired) electrons. The van der Waals surface area contributed by atoms with Crippen LogP contribution < -0.4 is 0 Å². The summed E-state index contributed by atoms with van der Waals surface area (Å²) in [5.41, 5.74) is 2.18. The number of hydrogen-bond donors (Lipinski definition) is 1. The van der Waals surface area contributed by atoms with E-state index in [9.17, 15) is 24.0 Å². The number of esters is 1. The average molecular weight is 636 g/mol. The molecule has 3 atom stereocenters. The molecule has 0 unspecified atom stereocenters. The van der Waals surface area contributed by atoms with Gasteiger partial charge >= 0.3 is 12.1 Å². The Balaban J connectivity index is 1.83. The zero-order chi connectivity index (χ0) is 33.5. The summed E-state index contributed by atoms with van der Waals surface area (Å²) in [4.78, 5) is 66.9. The number of aryl methyl sites for hydroxylation is 1. The predicted octanol–water partition coefficient (Wildman–Crippen LogP) is 5.69. The van der Waals surface area contributed by atoms with Crippen molar-refractivity contribution in [1.82, 2.24) is 4.90 Å². The van der Waals surface area contributed by atoms with Crippen LogP contribution in [0.3, 0.4) is 0 Å². The number of aliphatic hydroxyl groups is 1. The van der Waals surface area contributed by atoms with Crippen LogP contribution in [0.4, 0.5) is 4.79 Å². The molecule has 1 N–H and O–H groups in total. The number of carbonyl (C=O) groups is 5. The van der Waals surface area contributed by atoms with Crippen molar-refractivity contribution < 1.29 is 43.3 Å². The van der Waals surface area contributed by atoms with E-state index >= 15 is 0 Å². The minimum atomic E-state index is -1.77. The molecule has 248 valence electrons. The zero-order valence-electron chi connectivity index (χ0n) is 26.9. The molecule has 1 aliphatic heterocycles. The van der Waals surface area contributed by atoms with Crippen molar-refractivity contribution in [3.63, 3.8) is 0 Å². The van der Waals surface area contributed by atoms with Crippen LogP contribution in [-0.2, 0) is 33.4 Å². The molecule has 10 heteroatoms. The molecular formula is C36H45NO9. The maximum absolute atomic E-state index is 13.8. The third-order valence-electron chi connectivity index (χ3n) is 7.87. The van der Waals surface area contributed by atoms with E-state index in [1.807, 2.05) is 13.0 Å². The van der Waals surface area contributed by atoms with Gasteiger partial charge in [-0.2, -0.15) is 0 Å². The number of benzene rings is 2. The Labute approximate surface area is 270 Å². The third-order valence-corrected chi connectivity index (χ3v) is 7.87. The summed E-state index contributed by atoms with van der Waals surface area (Å²) >= 11 is 0. The molecule has 3 rings (SSSR count). The Kier molecular flexibility index (Phi) is 14.8. The van der Waals surface area contributed by atoms with Crippen LogP contribution in [0, 0.1) is 6.92 Å². The molecule has 46 heavy (non-hydrogen) atoms. The van der Waals surface area contributed by atoms with Crippen molar-refractivity contribution in [3.8, 4) is 0 Å². The lowest BCUT2D eigenvalue weighted by Gasteiger charge is -2.28. The molecule has 0 bridgehead atoms. The van der Waals surface area contributed by atoms with Crippen molar-refractivity contribution in [2.45, 2.75) is 89.9 Å². The number of rotatable bonds is 19. The van der Waals surface area contributed by atoms with Crippen molar-refractivity contribution >= 4 is 35.1 Å². The van der Waals surface area contributed by atoms with Crippen LogP contribution in [0.1, 0.15) is 87.4 Å². The summed E-state index contributed by atoms with van der Waals surface area (Å²) in [7, 11) is 1.17. The largest absolute Gasteiger partial charge is 0.451 e. The Morgan fingerprint density at radius 3 is 2.20 bits per heavy atom. The van der Waals surface area contributed by atoms with E-state index in [0.717, 1.165) is 68.4 Å². The summed E-state index contributed by atoms with van der Waals surface area (Å²) in [6.07, 6.45) is 4.45. The SMILES string of the molecule is CO[C@@H](C(=O)N1C(=O)OC[C@H]1c1ccccc1)[C@@H](OC(C)=O)C(=O)C=C(C(=O)CCCCCCCCCCO)c1cccc(C)c1. The molecule has 2 aromatic carbocycles. The molecule has 0 spiro atoms. The van der Waals surface area contributed by atoms with Crippen molar-refractivity contribution in [2.24, 2.45) is 0 Å². The first kappa shape index (κ1) is 36.3. The number of unbranched alkanes of at least 4 members (excludes halogenated alkanes) is 7. The second kappa shape index (κ2) is 18.7. The van der Waals surface area contributed by atoms with Gasteiger partial charge in [0.25, 0.3) is 5.91 Å². The molecule has 2 amide bonds. The smallest absolute Gasteiger partial charge is 0.417 e. The molecule has 0 aliphatic carbocycles. The summed E-state index contributed by atoms with van der Waals surface area (Å²) in [5.74, 6) is -2.83. The van der Waals surface area contributed by atoms with Gasteiger partial charge in [0, 0.05) is 32.6 Å². The van der Waals surface area contributed by atoms with Gasteiger partial charge in [-0.25, -0.2) is 9.69 Å². The fourth-order valence-corrected chi connectivity index (χ4v) is 5.48. The molecule has 1 saturated heterocycles. The van der Waals surface area contributed by atoms with E-state index in [2.05, 4.69) is 0 Å². The number of carbonyl (C=O) groups excluding carboxylic acids is 5. The fraction of sp³-hybridized carbons (Fsp3) is 0.472. The maximum Gasteiger partial charge on any atom is 0.417 e. The highest BCUT2D eigenvalue weighted by atomic mass is 16.6. The van der Waals surface area contributed by atoms with E-state index < -0.39 is 42.0 Å². The lowest BCUT2D eigenvalue weighted by molar-refractivity contribution is -0.166. The number of nitrogens with zero attached hydrogens (tertiary/aromatic N) is 1. The van der Waals surface area contributed by atoms with Crippen LogP contribution in [-0.4, -0.2) is 72.1 Å². The number of hydrogen-bond acceptors (Lipinski definition) is 9. The number of aliphatic hydroxyl groups excluding tert-OH is 1. The Bertz CT molecular complexity index is 1370. The first-order chi connectivity index (χ1) is 22.2. The second-order valence-electron chi connectivity index (χ2n) is 11.5. The Morgan fingerprint density at radius 2 is 1.59 bits per heavy atom. The number of allylic oxidation sites excluding steroid dienone is 1. The highest BCUT2D eigenvalue weighted by molar-refractivity contribution is 6.25. The lowest BCUT2D eigenvalue weighted by Crippen LogP contribution is -2.51. The van der Waals surface area contributed by atoms with Crippen molar-refractivity contribution in [2.75, 3.05) is 20.3 Å². The van der Waals surface area contributed by atoms with E-state index in [1.54, 1.807) is 48.5 Å². The van der Waals surface area contributed by atoms with Gasteiger partial charge < -0.3 is 19.3 Å². The summed E-state index contributed by atoms with van der Waals surface area (Å²) in [6, 6.07) is 15.2. The summed E-state index contributed by atoms with van der Waals surface area (Å²) in [6.45, 7) is 3.09. The third kappa shape index (κ3) is 10.5. The number of methoxy groups -OCH3 is 1. The van der Waals surface area contributed by atoms with Crippen LogP contribution in [0.15, 0.2) is 60.7 Å². The molecule has 10 nitrogen and oxygen atoms in total. The minimum Gasteiger partial charge on any atom is -0.451 e. The zero-order valence-corrected chi connectivity index (χ0v) is 26.9. The summed E-state index contributed by atoms with van der Waals surface area (Å²) < 4.78 is 15.9. The van der Waals surface area contributed by atoms with Gasteiger partial charge in [-0.05, 0) is 37.0 Å². The van der Waals surface area contributed by atoms with Gasteiger partial charge in [0.2, 0.25) is 0 Å². The maximum atomic E-state index is 13.8. The van der Waals surface area contributed by atoms with Crippen molar-refractivity contribution in [3.05, 3.63) is 77.4 Å². The topological polar surface area (TPSA) is 137 Å². The Hall–Kier alpha value is -4.15. The molecule has 0 saturated carbocycles. The van der Waals surface area contributed by atoms with Gasteiger partial charge in [-0.1, -0.05) is 98.7 Å². The monoisotopic (exact) mass is 635 g/mol. The van der Waals surface area contributed by atoms with Crippen molar-refractivity contribution in [1.29, 1.82) is 0 Å². The predicted molar refractivity (Wildman–Crippen MR) is 172 cm³/mol. The van der Waals surface area contributed by atoms with E-state index in [1.165, 1.54) is 7.11 Å². The summed E-state index contributed by atoms with van der Waals surface area (Å²) in [5, 5.41) is 8.90. The standard InChI is InChI=1S/C36H45NO9/c1-25-16-15-19-28(22-25)29(31(40)20-13-8-6-4-5-7-9-14-21-38)23-32(41)33(46-26(2)39)34(44-3)35(42)37-30(24-45-36(37)43)27-17-11-10-12-18-27/h10-12,15-19,22-23,30,33-34,38H,4-9,13-14,20-21,24H2,1-3H3/t30-,33-,34+/m0/s1. The Morgan fingerprint density at radius 1 is 0.935 bits per heavy atom.